The van der Waals surface area contributed by atoms with E-state index in [9.17, 15) is 14.4 Å². The average molecular weight is 286 g/mol. The van der Waals surface area contributed by atoms with Crippen molar-refractivity contribution in [2.24, 2.45) is 5.41 Å². The Kier molecular flexibility index (Phi) is 3.27. The first kappa shape index (κ1) is 13.8. The van der Waals surface area contributed by atoms with Crippen molar-refractivity contribution in [3.05, 3.63) is 29.8 Å². The number of barbiturate groups is 1. The Bertz CT molecular complexity index is 618. The van der Waals surface area contributed by atoms with Crippen LogP contribution in [0.2, 0.25) is 0 Å². The van der Waals surface area contributed by atoms with Crippen molar-refractivity contribution in [3.63, 3.8) is 0 Å². The molecule has 110 valence electrons. The summed E-state index contributed by atoms with van der Waals surface area (Å²) >= 11 is 0. The van der Waals surface area contributed by atoms with E-state index in [1.807, 2.05) is 13.0 Å². The second-order valence-corrected chi connectivity index (χ2v) is 5.88. The van der Waals surface area contributed by atoms with Gasteiger partial charge in [0.1, 0.15) is 5.41 Å². The van der Waals surface area contributed by atoms with Crippen molar-refractivity contribution in [2.75, 3.05) is 4.90 Å². The lowest BCUT2D eigenvalue weighted by Gasteiger charge is -2.41. The van der Waals surface area contributed by atoms with Gasteiger partial charge in [0.25, 0.3) is 5.91 Å². The molecule has 1 aliphatic heterocycles. The topological polar surface area (TPSA) is 66.5 Å². The van der Waals surface area contributed by atoms with E-state index in [4.69, 9.17) is 0 Å². The number of amides is 4. The Morgan fingerprint density at radius 1 is 1.10 bits per heavy atom. The summed E-state index contributed by atoms with van der Waals surface area (Å²) in [5, 5.41) is 2.37. The first-order chi connectivity index (χ1) is 10.0. The third-order valence-corrected chi connectivity index (χ3v) is 4.44. The summed E-state index contributed by atoms with van der Waals surface area (Å²) in [6, 6.07) is 6.56. The molecule has 1 aromatic carbocycles. The third-order valence-electron chi connectivity index (χ3n) is 4.44. The molecule has 21 heavy (non-hydrogen) atoms. The maximum atomic E-state index is 12.9. The third kappa shape index (κ3) is 2.13. The van der Waals surface area contributed by atoms with E-state index < -0.39 is 17.4 Å². The predicted molar refractivity (Wildman–Crippen MR) is 77.7 cm³/mol. The predicted octanol–water partition coefficient (Wildman–Crippen LogP) is 2.53. The van der Waals surface area contributed by atoms with E-state index in [2.05, 4.69) is 5.32 Å². The average Bonchev–Trinajstić information content (AvgIpc) is 2.47. The smallest absolute Gasteiger partial charge is 0.276 e. The van der Waals surface area contributed by atoms with Gasteiger partial charge in [-0.05, 0) is 37.5 Å². The fraction of sp³-hybridized carbons (Fsp3) is 0.438. The van der Waals surface area contributed by atoms with Gasteiger partial charge >= 0.3 is 6.03 Å². The number of imide groups is 2. The van der Waals surface area contributed by atoms with E-state index in [0.29, 0.717) is 18.5 Å². The Balaban J connectivity index is 2.02. The number of anilines is 1. The van der Waals surface area contributed by atoms with Crippen molar-refractivity contribution in [2.45, 2.75) is 39.0 Å². The summed E-state index contributed by atoms with van der Waals surface area (Å²) in [7, 11) is 0. The van der Waals surface area contributed by atoms with Gasteiger partial charge in [0.15, 0.2) is 0 Å². The van der Waals surface area contributed by atoms with Crippen LogP contribution in [0.5, 0.6) is 0 Å². The van der Waals surface area contributed by atoms with Gasteiger partial charge in [-0.2, -0.15) is 0 Å². The molecule has 2 fully saturated rings. The zero-order chi connectivity index (χ0) is 15.0. The molecule has 1 saturated carbocycles. The van der Waals surface area contributed by atoms with E-state index >= 15 is 0 Å². The van der Waals surface area contributed by atoms with Crippen molar-refractivity contribution in [3.8, 4) is 0 Å². The number of hydrogen-bond acceptors (Lipinski definition) is 3. The Labute approximate surface area is 123 Å². The van der Waals surface area contributed by atoms with Gasteiger partial charge in [0, 0.05) is 0 Å². The number of carbonyl (C=O) groups excluding carboxylic acids is 3. The molecule has 1 saturated heterocycles. The maximum Gasteiger partial charge on any atom is 0.335 e. The minimum absolute atomic E-state index is 0.374. The summed E-state index contributed by atoms with van der Waals surface area (Å²) in [5.41, 5.74) is 0.424. The molecule has 1 aromatic rings. The van der Waals surface area contributed by atoms with Crippen LogP contribution in [0.15, 0.2) is 24.3 Å². The Morgan fingerprint density at radius 2 is 1.81 bits per heavy atom. The lowest BCUT2D eigenvalue weighted by Crippen LogP contribution is -2.64. The zero-order valence-electron chi connectivity index (χ0n) is 12.0. The van der Waals surface area contributed by atoms with Crippen LogP contribution in [0, 0.1) is 12.3 Å². The van der Waals surface area contributed by atoms with Gasteiger partial charge < -0.3 is 0 Å². The molecular weight excluding hydrogens is 268 g/mol. The van der Waals surface area contributed by atoms with Crippen molar-refractivity contribution in [1.29, 1.82) is 0 Å². The number of urea groups is 1. The minimum Gasteiger partial charge on any atom is -0.276 e. The molecule has 1 N–H and O–H groups in total. The van der Waals surface area contributed by atoms with Crippen LogP contribution in [0.4, 0.5) is 10.5 Å². The van der Waals surface area contributed by atoms with E-state index in [-0.39, 0.29) is 5.91 Å². The lowest BCUT2D eigenvalue weighted by molar-refractivity contribution is -0.144. The standard InChI is InChI=1S/C16H18N2O3/c1-11-6-5-7-12(10-11)18-14(20)16(8-3-2-4-9-16)13(19)17-15(18)21/h5-7,10H,2-4,8-9H2,1H3,(H,17,19,21). The Hall–Kier alpha value is -2.17. The number of nitrogens with zero attached hydrogens (tertiary/aromatic N) is 1. The van der Waals surface area contributed by atoms with Crippen LogP contribution < -0.4 is 10.2 Å². The molecule has 0 unspecified atom stereocenters. The molecule has 5 heteroatoms. The zero-order valence-corrected chi connectivity index (χ0v) is 12.0. The van der Waals surface area contributed by atoms with Crippen LogP contribution >= 0.6 is 0 Å². The summed E-state index contributed by atoms with van der Waals surface area (Å²) < 4.78 is 0. The molecule has 1 heterocycles. The number of hydrogen-bond donors (Lipinski definition) is 1. The highest BCUT2D eigenvalue weighted by Crippen LogP contribution is 2.41. The molecule has 3 rings (SSSR count). The van der Waals surface area contributed by atoms with Crippen LogP contribution in [0.3, 0.4) is 0 Å². The molecule has 2 aliphatic rings. The van der Waals surface area contributed by atoms with Crippen molar-refractivity contribution in [1.82, 2.24) is 5.32 Å². The Morgan fingerprint density at radius 3 is 2.48 bits per heavy atom. The molecule has 0 bridgehead atoms. The van der Waals surface area contributed by atoms with Crippen LogP contribution in [0.25, 0.3) is 0 Å². The van der Waals surface area contributed by atoms with Crippen LogP contribution in [-0.2, 0) is 9.59 Å². The first-order valence-corrected chi connectivity index (χ1v) is 7.31. The van der Waals surface area contributed by atoms with Gasteiger partial charge in [0.2, 0.25) is 5.91 Å². The SMILES string of the molecule is Cc1cccc(N2C(=O)NC(=O)C3(CCCCC3)C2=O)c1. The van der Waals surface area contributed by atoms with Crippen LogP contribution in [0.1, 0.15) is 37.7 Å². The van der Waals surface area contributed by atoms with Crippen molar-refractivity contribution < 1.29 is 14.4 Å². The molecule has 1 aliphatic carbocycles. The highest BCUT2D eigenvalue weighted by molar-refractivity contribution is 6.29. The summed E-state index contributed by atoms with van der Waals surface area (Å²) in [4.78, 5) is 38.4. The number of carbonyl (C=O) groups is 3. The van der Waals surface area contributed by atoms with E-state index in [0.717, 1.165) is 29.7 Å². The summed E-state index contributed by atoms with van der Waals surface area (Å²) in [6.45, 7) is 1.90. The fourth-order valence-corrected chi connectivity index (χ4v) is 3.27. The number of nitrogens with one attached hydrogen (secondary N) is 1. The molecule has 1 spiro atoms. The number of benzene rings is 1. The monoisotopic (exact) mass is 286 g/mol. The molecule has 5 nitrogen and oxygen atoms in total. The summed E-state index contributed by atoms with van der Waals surface area (Å²) in [5.74, 6) is -0.803. The maximum absolute atomic E-state index is 12.9. The first-order valence-electron chi connectivity index (χ1n) is 7.31. The molecule has 0 radical (unpaired) electrons. The number of rotatable bonds is 1. The molecule has 4 amide bonds. The van der Waals surface area contributed by atoms with Crippen LogP contribution in [-0.4, -0.2) is 17.8 Å². The van der Waals surface area contributed by atoms with Crippen molar-refractivity contribution >= 4 is 23.5 Å². The highest BCUT2D eigenvalue weighted by Gasteiger charge is 2.54. The fourth-order valence-electron chi connectivity index (χ4n) is 3.27. The van der Waals surface area contributed by atoms with Gasteiger partial charge in [-0.1, -0.05) is 31.4 Å². The normalized spacial score (nSPS) is 21.6. The second-order valence-electron chi connectivity index (χ2n) is 5.88. The highest BCUT2D eigenvalue weighted by atomic mass is 16.2. The van der Waals surface area contributed by atoms with Gasteiger partial charge in [-0.15, -0.1) is 0 Å². The minimum atomic E-state index is -1.06. The van der Waals surface area contributed by atoms with Gasteiger partial charge in [0.05, 0.1) is 5.69 Å². The van der Waals surface area contributed by atoms with Gasteiger partial charge in [-0.25, -0.2) is 9.69 Å². The summed E-state index contributed by atoms with van der Waals surface area (Å²) in [6.07, 6.45) is 3.76. The van der Waals surface area contributed by atoms with E-state index in [1.54, 1.807) is 18.2 Å². The number of aryl methyl sites for hydroxylation is 1. The second kappa shape index (κ2) is 4.98. The molecule has 0 atom stereocenters. The molecule has 0 aromatic heterocycles. The molecular formula is C16H18N2O3. The van der Waals surface area contributed by atoms with Gasteiger partial charge in [-0.3, -0.25) is 14.9 Å². The lowest BCUT2D eigenvalue weighted by atomic mass is 9.71. The quantitative estimate of drug-likeness (QED) is 0.807. The van der Waals surface area contributed by atoms with E-state index in [1.165, 1.54) is 0 Å². The largest absolute Gasteiger partial charge is 0.335 e.